The Morgan fingerprint density at radius 3 is 2.68 bits per heavy atom. The van der Waals surface area contributed by atoms with Gasteiger partial charge in [-0.25, -0.2) is 4.79 Å². The Kier molecular flexibility index (Phi) is 5.81. The van der Waals surface area contributed by atoms with Crippen molar-refractivity contribution in [2.45, 2.75) is 45.6 Å². The Labute approximate surface area is 132 Å². The number of anilines is 1. The van der Waals surface area contributed by atoms with Crippen LogP contribution in [0.4, 0.5) is 10.5 Å². The average molecular weight is 303 g/mol. The van der Waals surface area contributed by atoms with Gasteiger partial charge in [-0.15, -0.1) is 0 Å². The Hall–Kier alpha value is -2.04. The van der Waals surface area contributed by atoms with E-state index in [2.05, 4.69) is 17.6 Å². The number of carbonyl (C=O) groups excluding carboxylic acids is 2. The molecule has 120 valence electrons. The third-order valence-corrected chi connectivity index (χ3v) is 3.95. The molecule has 0 saturated carbocycles. The number of nitrogens with one attached hydrogen (secondary N) is 2. The van der Waals surface area contributed by atoms with E-state index in [1.54, 1.807) is 4.90 Å². The molecule has 1 heterocycles. The van der Waals surface area contributed by atoms with Crippen LogP contribution in [0.2, 0.25) is 0 Å². The fourth-order valence-corrected chi connectivity index (χ4v) is 2.62. The molecule has 0 aliphatic carbocycles. The molecule has 1 aromatic carbocycles. The Bertz CT molecular complexity index is 513. The molecule has 2 N–H and O–H groups in total. The zero-order chi connectivity index (χ0) is 15.9. The van der Waals surface area contributed by atoms with Gasteiger partial charge in [0.05, 0.1) is 0 Å². The topological polar surface area (TPSA) is 61.4 Å². The lowest BCUT2D eigenvalue weighted by atomic mass is 10.2. The predicted molar refractivity (Wildman–Crippen MR) is 87.8 cm³/mol. The fourth-order valence-electron chi connectivity index (χ4n) is 2.62. The monoisotopic (exact) mass is 303 g/mol. The molecule has 1 aromatic rings. The van der Waals surface area contributed by atoms with Gasteiger partial charge in [0.25, 0.3) is 0 Å². The first-order valence-electron chi connectivity index (χ1n) is 8.04. The number of nitrogens with zero attached hydrogens (tertiary/aromatic N) is 1. The molecular formula is C17H25N3O2. The van der Waals surface area contributed by atoms with Crippen LogP contribution in [-0.4, -0.2) is 36.0 Å². The van der Waals surface area contributed by atoms with Crippen molar-refractivity contribution in [3.63, 3.8) is 0 Å². The normalized spacial score (nSPS) is 17.4. The van der Waals surface area contributed by atoms with E-state index in [9.17, 15) is 9.59 Å². The van der Waals surface area contributed by atoms with Crippen LogP contribution in [0.15, 0.2) is 24.3 Å². The second-order valence-electron chi connectivity index (χ2n) is 5.79. The maximum atomic E-state index is 12.4. The number of amides is 3. The lowest BCUT2D eigenvalue weighted by molar-refractivity contribution is -0.124. The van der Waals surface area contributed by atoms with Crippen molar-refractivity contribution in [1.82, 2.24) is 10.2 Å². The molecule has 5 heteroatoms. The maximum absolute atomic E-state index is 12.4. The van der Waals surface area contributed by atoms with Gasteiger partial charge in [0, 0.05) is 18.8 Å². The number of hydrogen-bond acceptors (Lipinski definition) is 2. The minimum Gasteiger partial charge on any atom is -0.354 e. The smallest absolute Gasteiger partial charge is 0.322 e. The first-order valence-corrected chi connectivity index (χ1v) is 8.04. The Morgan fingerprint density at radius 1 is 1.27 bits per heavy atom. The first kappa shape index (κ1) is 16.3. The van der Waals surface area contributed by atoms with Crippen LogP contribution in [0, 0.1) is 6.92 Å². The van der Waals surface area contributed by atoms with Gasteiger partial charge >= 0.3 is 6.03 Å². The Morgan fingerprint density at radius 2 is 2.00 bits per heavy atom. The van der Waals surface area contributed by atoms with Crippen molar-refractivity contribution < 1.29 is 9.59 Å². The van der Waals surface area contributed by atoms with Crippen LogP contribution < -0.4 is 10.6 Å². The molecule has 0 aromatic heterocycles. The molecule has 1 aliphatic rings. The summed E-state index contributed by atoms with van der Waals surface area (Å²) in [5.74, 6) is -0.0370. The number of likely N-dealkylation sites (tertiary alicyclic amines) is 1. The highest BCUT2D eigenvalue weighted by Gasteiger charge is 2.33. The molecule has 0 unspecified atom stereocenters. The highest BCUT2D eigenvalue weighted by Crippen LogP contribution is 2.19. The molecule has 22 heavy (non-hydrogen) atoms. The molecule has 1 fully saturated rings. The molecular weight excluding hydrogens is 278 g/mol. The van der Waals surface area contributed by atoms with Gasteiger partial charge in [0.2, 0.25) is 5.91 Å². The van der Waals surface area contributed by atoms with Gasteiger partial charge in [-0.2, -0.15) is 0 Å². The molecule has 0 spiro atoms. The second kappa shape index (κ2) is 7.82. The zero-order valence-corrected chi connectivity index (χ0v) is 13.4. The largest absolute Gasteiger partial charge is 0.354 e. The van der Waals surface area contributed by atoms with Crippen molar-refractivity contribution in [2.75, 3.05) is 18.4 Å². The molecule has 0 radical (unpaired) electrons. The molecule has 2 rings (SSSR count). The third kappa shape index (κ3) is 4.23. The number of benzene rings is 1. The molecule has 1 aliphatic heterocycles. The highest BCUT2D eigenvalue weighted by molar-refractivity contribution is 5.94. The standard InChI is InChI=1S/C17H25N3O2/c1-3-4-11-18-16(21)15-6-5-12-20(15)17(22)19-14-9-7-13(2)8-10-14/h7-10,15H,3-6,11-12H2,1-2H3,(H,18,21)(H,19,22)/t15-/m0/s1. The number of aryl methyl sites for hydroxylation is 1. The van der Waals surface area contributed by atoms with E-state index in [-0.39, 0.29) is 18.0 Å². The molecule has 1 saturated heterocycles. The SMILES string of the molecule is CCCCNC(=O)[C@@H]1CCCN1C(=O)Nc1ccc(C)cc1. The van der Waals surface area contributed by atoms with Crippen LogP contribution in [0.25, 0.3) is 0 Å². The molecule has 3 amide bonds. The van der Waals surface area contributed by atoms with E-state index >= 15 is 0 Å². The molecule has 5 nitrogen and oxygen atoms in total. The zero-order valence-electron chi connectivity index (χ0n) is 13.4. The van der Waals surface area contributed by atoms with Gasteiger partial charge in [0.1, 0.15) is 6.04 Å². The minimum atomic E-state index is -0.345. The summed E-state index contributed by atoms with van der Waals surface area (Å²) in [6.07, 6.45) is 3.61. The van der Waals surface area contributed by atoms with E-state index in [1.165, 1.54) is 0 Å². The van der Waals surface area contributed by atoms with Crippen LogP contribution >= 0.6 is 0 Å². The molecule has 0 bridgehead atoms. The van der Waals surface area contributed by atoms with Gasteiger partial charge < -0.3 is 15.5 Å². The fraction of sp³-hybridized carbons (Fsp3) is 0.529. The summed E-state index contributed by atoms with van der Waals surface area (Å²) in [4.78, 5) is 26.2. The van der Waals surface area contributed by atoms with Crippen molar-refractivity contribution in [3.05, 3.63) is 29.8 Å². The Balaban J connectivity index is 1.92. The summed E-state index contributed by atoms with van der Waals surface area (Å²) in [5, 5.41) is 5.79. The third-order valence-electron chi connectivity index (χ3n) is 3.95. The van der Waals surface area contributed by atoms with Crippen LogP contribution in [-0.2, 0) is 4.79 Å². The summed E-state index contributed by atoms with van der Waals surface area (Å²) in [6.45, 7) is 5.40. The summed E-state index contributed by atoms with van der Waals surface area (Å²) in [6, 6.07) is 7.11. The minimum absolute atomic E-state index is 0.0370. The predicted octanol–water partition coefficient (Wildman–Crippen LogP) is 2.91. The van der Waals surface area contributed by atoms with Crippen molar-refractivity contribution in [1.29, 1.82) is 0 Å². The second-order valence-corrected chi connectivity index (χ2v) is 5.79. The summed E-state index contributed by atoms with van der Waals surface area (Å²) < 4.78 is 0. The van der Waals surface area contributed by atoms with Crippen molar-refractivity contribution in [3.8, 4) is 0 Å². The lowest BCUT2D eigenvalue weighted by Gasteiger charge is -2.24. The summed E-state index contributed by atoms with van der Waals surface area (Å²) in [5.41, 5.74) is 1.90. The van der Waals surface area contributed by atoms with E-state index in [1.807, 2.05) is 31.2 Å². The van der Waals surface area contributed by atoms with Gasteiger partial charge in [-0.1, -0.05) is 31.0 Å². The van der Waals surface area contributed by atoms with E-state index in [0.29, 0.717) is 13.1 Å². The lowest BCUT2D eigenvalue weighted by Crippen LogP contribution is -2.47. The number of carbonyl (C=O) groups is 2. The van der Waals surface area contributed by atoms with Crippen LogP contribution in [0.5, 0.6) is 0 Å². The van der Waals surface area contributed by atoms with E-state index in [0.717, 1.165) is 36.9 Å². The van der Waals surface area contributed by atoms with Crippen LogP contribution in [0.3, 0.4) is 0 Å². The highest BCUT2D eigenvalue weighted by atomic mass is 16.2. The van der Waals surface area contributed by atoms with E-state index < -0.39 is 0 Å². The number of unbranched alkanes of at least 4 members (excludes halogenated alkanes) is 1. The molecule has 1 atom stereocenters. The quantitative estimate of drug-likeness (QED) is 0.822. The number of hydrogen-bond donors (Lipinski definition) is 2. The van der Waals surface area contributed by atoms with Gasteiger partial charge in [-0.3, -0.25) is 4.79 Å². The van der Waals surface area contributed by atoms with Crippen molar-refractivity contribution in [2.24, 2.45) is 0 Å². The summed E-state index contributed by atoms with van der Waals surface area (Å²) in [7, 11) is 0. The van der Waals surface area contributed by atoms with Crippen molar-refractivity contribution >= 4 is 17.6 Å². The number of rotatable bonds is 5. The first-order chi connectivity index (χ1) is 10.6. The van der Waals surface area contributed by atoms with Gasteiger partial charge in [-0.05, 0) is 38.3 Å². The van der Waals surface area contributed by atoms with E-state index in [4.69, 9.17) is 0 Å². The summed E-state index contributed by atoms with van der Waals surface area (Å²) >= 11 is 0. The average Bonchev–Trinajstić information content (AvgIpc) is 2.99. The number of urea groups is 1. The van der Waals surface area contributed by atoms with Gasteiger partial charge in [0.15, 0.2) is 0 Å². The maximum Gasteiger partial charge on any atom is 0.322 e. The van der Waals surface area contributed by atoms with Crippen LogP contribution in [0.1, 0.15) is 38.2 Å².